The van der Waals surface area contributed by atoms with Gasteiger partial charge in [-0.15, -0.1) is 22.7 Å². The van der Waals surface area contributed by atoms with E-state index < -0.39 is 0 Å². The summed E-state index contributed by atoms with van der Waals surface area (Å²) >= 11 is 3.09. The molecular weight excluding hydrogens is 394 g/mol. The van der Waals surface area contributed by atoms with Gasteiger partial charge >= 0.3 is 0 Å². The molecule has 144 valence electrons. The molecule has 0 saturated carbocycles. The summed E-state index contributed by atoms with van der Waals surface area (Å²) in [5.41, 5.74) is 2.76. The standard InChI is InChI=1S/C20H19N3O3S2/c1-11-12(2)28-19-17(11)20(24)23(10-21-19)8-14-9-27-18(22-14)13-5-6-15(25-3)16(7-13)26-4/h5-7,9-10H,8H2,1-4H3. The third-order valence-electron chi connectivity index (χ3n) is 4.67. The van der Waals surface area contributed by atoms with Crippen molar-refractivity contribution in [3.8, 4) is 22.1 Å². The van der Waals surface area contributed by atoms with Gasteiger partial charge in [-0.25, -0.2) is 9.97 Å². The van der Waals surface area contributed by atoms with Crippen LogP contribution in [0.5, 0.6) is 11.5 Å². The van der Waals surface area contributed by atoms with E-state index in [2.05, 4.69) is 4.98 Å². The summed E-state index contributed by atoms with van der Waals surface area (Å²) in [5, 5.41) is 3.54. The van der Waals surface area contributed by atoms with E-state index in [4.69, 9.17) is 14.5 Å². The maximum Gasteiger partial charge on any atom is 0.262 e. The van der Waals surface area contributed by atoms with Gasteiger partial charge in [-0.3, -0.25) is 9.36 Å². The quantitative estimate of drug-likeness (QED) is 0.489. The Morgan fingerprint density at radius 3 is 2.68 bits per heavy atom. The van der Waals surface area contributed by atoms with Gasteiger partial charge in [-0.05, 0) is 37.6 Å². The van der Waals surface area contributed by atoms with Crippen LogP contribution in [0.15, 0.2) is 34.7 Å². The van der Waals surface area contributed by atoms with Crippen molar-refractivity contribution in [1.29, 1.82) is 0 Å². The van der Waals surface area contributed by atoms with Crippen molar-refractivity contribution in [3.63, 3.8) is 0 Å². The third kappa shape index (κ3) is 3.18. The number of methoxy groups -OCH3 is 2. The van der Waals surface area contributed by atoms with Gasteiger partial charge in [0.2, 0.25) is 0 Å². The first-order valence-corrected chi connectivity index (χ1v) is 10.3. The van der Waals surface area contributed by atoms with E-state index in [9.17, 15) is 4.79 Å². The Labute approximate surface area is 170 Å². The Kier molecular flexibility index (Phi) is 4.91. The van der Waals surface area contributed by atoms with Gasteiger partial charge in [-0.1, -0.05) is 0 Å². The van der Waals surface area contributed by atoms with Gasteiger partial charge in [0.05, 0.1) is 38.2 Å². The zero-order chi connectivity index (χ0) is 19.8. The molecule has 1 aromatic carbocycles. The molecule has 4 rings (SSSR count). The van der Waals surface area contributed by atoms with Crippen LogP contribution in [0, 0.1) is 13.8 Å². The highest BCUT2D eigenvalue weighted by molar-refractivity contribution is 7.18. The maximum atomic E-state index is 12.9. The number of nitrogens with zero attached hydrogens (tertiary/aromatic N) is 3. The molecule has 0 bridgehead atoms. The predicted octanol–water partition coefficient (Wildman–Crippen LogP) is 4.26. The van der Waals surface area contributed by atoms with Crippen molar-refractivity contribution in [2.75, 3.05) is 14.2 Å². The second-order valence-corrected chi connectivity index (χ2v) is 8.42. The molecule has 0 atom stereocenters. The summed E-state index contributed by atoms with van der Waals surface area (Å²) in [6.07, 6.45) is 1.61. The topological polar surface area (TPSA) is 66.2 Å². The van der Waals surface area contributed by atoms with Crippen LogP contribution in [0.2, 0.25) is 0 Å². The van der Waals surface area contributed by atoms with Gasteiger partial charge in [0.1, 0.15) is 9.84 Å². The first-order chi connectivity index (χ1) is 13.5. The Bertz CT molecular complexity index is 1220. The molecule has 0 saturated heterocycles. The summed E-state index contributed by atoms with van der Waals surface area (Å²) in [6.45, 7) is 4.38. The minimum atomic E-state index is -0.0208. The number of aryl methyl sites for hydroxylation is 2. The third-order valence-corrected chi connectivity index (χ3v) is 6.73. The fraction of sp³-hybridized carbons (Fsp3) is 0.250. The fourth-order valence-electron chi connectivity index (χ4n) is 3.04. The van der Waals surface area contributed by atoms with Gasteiger partial charge in [0.25, 0.3) is 5.56 Å². The Morgan fingerprint density at radius 2 is 1.93 bits per heavy atom. The van der Waals surface area contributed by atoms with E-state index in [-0.39, 0.29) is 5.56 Å². The summed E-state index contributed by atoms with van der Waals surface area (Å²) < 4.78 is 12.3. The molecular formula is C20H19N3O3S2. The van der Waals surface area contributed by atoms with Crippen molar-refractivity contribution < 1.29 is 9.47 Å². The van der Waals surface area contributed by atoms with Crippen molar-refractivity contribution in [1.82, 2.24) is 14.5 Å². The van der Waals surface area contributed by atoms with Crippen LogP contribution in [0.1, 0.15) is 16.1 Å². The normalized spacial score (nSPS) is 11.1. The van der Waals surface area contributed by atoms with E-state index >= 15 is 0 Å². The summed E-state index contributed by atoms with van der Waals surface area (Å²) in [6, 6.07) is 5.71. The number of benzene rings is 1. The van der Waals surface area contributed by atoms with E-state index in [1.54, 1.807) is 36.5 Å². The molecule has 0 aliphatic heterocycles. The Balaban J connectivity index is 1.66. The molecule has 6 nitrogen and oxygen atoms in total. The number of hydrogen-bond donors (Lipinski definition) is 0. The molecule has 0 aliphatic carbocycles. The number of ether oxygens (including phenoxy) is 2. The molecule has 0 aliphatic rings. The molecule has 4 aromatic rings. The summed E-state index contributed by atoms with van der Waals surface area (Å²) in [7, 11) is 3.22. The van der Waals surface area contributed by atoms with Crippen LogP contribution in [0.25, 0.3) is 20.8 Å². The van der Waals surface area contributed by atoms with Gasteiger partial charge in [0, 0.05) is 15.8 Å². The van der Waals surface area contributed by atoms with Gasteiger partial charge in [-0.2, -0.15) is 0 Å². The van der Waals surface area contributed by atoms with Crippen LogP contribution in [0.3, 0.4) is 0 Å². The summed E-state index contributed by atoms with van der Waals surface area (Å²) in [4.78, 5) is 23.9. The molecule has 28 heavy (non-hydrogen) atoms. The van der Waals surface area contributed by atoms with E-state index in [1.165, 1.54) is 11.3 Å². The molecule has 0 N–H and O–H groups in total. The smallest absolute Gasteiger partial charge is 0.262 e. The molecule has 3 heterocycles. The highest BCUT2D eigenvalue weighted by atomic mass is 32.1. The van der Waals surface area contributed by atoms with Crippen LogP contribution >= 0.6 is 22.7 Å². The van der Waals surface area contributed by atoms with E-state index in [0.29, 0.717) is 23.4 Å². The SMILES string of the molecule is COc1ccc(-c2nc(Cn3cnc4sc(C)c(C)c4c3=O)cs2)cc1OC. The minimum absolute atomic E-state index is 0.0208. The van der Waals surface area contributed by atoms with Crippen LogP contribution in [-0.4, -0.2) is 28.8 Å². The van der Waals surface area contributed by atoms with Crippen molar-refractivity contribution in [3.05, 3.63) is 56.4 Å². The number of aromatic nitrogens is 3. The lowest BCUT2D eigenvalue weighted by atomic mass is 10.2. The molecule has 0 unspecified atom stereocenters. The largest absolute Gasteiger partial charge is 0.493 e. The van der Waals surface area contributed by atoms with Crippen molar-refractivity contribution in [2.45, 2.75) is 20.4 Å². The molecule has 0 spiro atoms. The second kappa shape index (κ2) is 7.37. The summed E-state index contributed by atoms with van der Waals surface area (Å²) in [5.74, 6) is 1.33. The van der Waals surface area contributed by atoms with Crippen molar-refractivity contribution >= 4 is 32.9 Å². The number of fused-ring (bicyclic) bond motifs is 1. The molecule has 0 fully saturated rings. The van der Waals surface area contributed by atoms with Crippen molar-refractivity contribution in [2.24, 2.45) is 0 Å². The highest BCUT2D eigenvalue weighted by Gasteiger charge is 2.14. The highest BCUT2D eigenvalue weighted by Crippen LogP contribution is 2.33. The van der Waals surface area contributed by atoms with Crippen LogP contribution < -0.4 is 15.0 Å². The number of thiazole rings is 1. The first kappa shape index (κ1) is 18.6. The van der Waals surface area contributed by atoms with Crippen LogP contribution in [0.4, 0.5) is 0 Å². The van der Waals surface area contributed by atoms with Gasteiger partial charge < -0.3 is 9.47 Å². The van der Waals surface area contributed by atoms with E-state index in [0.717, 1.165) is 31.5 Å². The first-order valence-electron chi connectivity index (χ1n) is 8.63. The molecule has 0 amide bonds. The average Bonchev–Trinajstić information content (AvgIpc) is 3.28. The maximum absolute atomic E-state index is 12.9. The van der Waals surface area contributed by atoms with Crippen LogP contribution in [-0.2, 0) is 6.54 Å². The Morgan fingerprint density at radius 1 is 1.14 bits per heavy atom. The lowest BCUT2D eigenvalue weighted by Crippen LogP contribution is -2.21. The second-order valence-electron chi connectivity index (χ2n) is 6.35. The zero-order valence-electron chi connectivity index (χ0n) is 16.0. The Hall–Kier alpha value is -2.71. The van der Waals surface area contributed by atoms with Gasteiger partial charge in [0.15, 0.2) is 11.5 Å². The lowest BCUT2D eigenvalue weighted by molar-refractivity contribution is 0.355. The number of rotatable bonds is 5. The number of hydrogen-bond acceptors (Lipinski definition) is 7. The lowest BCUT2D eigenvalue weighted by Gasteiger charge is -2.08. The number of thiophene rings is 1. The fourth-order valence-corrected chi connectivity index (χ4v) is 4.83. The minimum Gasteiger partial charge on any atom is -0.493 e. The van der Waals surface area contributed by atoms with E-state index in [1.807, 2.05) is 37.4 Å². The molecule has 8 heteroatoms. The predicted molar refractivity (Wildman–Crippen MR) is 113 cm³/mol. The monoisotopic (exact) mass is 413 g/mol. The molecule has 0 radical (unpaired) electrons. The zero-order valence-corrected chi connectivity index (χ0v) is 17.6. The molecule has 3 aromatic heterocycles. The average molecular weight is 414 g/mol.